The van der Waals surface area contributed by atoms with Crippen LogP contribution < -0.4 is 14.8 Å². The van der Waals surface area contributed by atoms with E-state index in [9.17, 15) is 0 Å². The molecule has 1 N–H and O–H groups in total. The van der Waals surface area contributed by atoms with Crippen LogP contribution in [0.4, 0.5) is 0 Å². The average Bonchev–Trinajstić information content (AvgIpc) is 2.87. The van der Waals surface area contributed by atoms with Crippen molar-refractivity contribution < 1.29 is 9.47 Å². The number of ether oxygens (including phenoxy) is 2. The molecule has 0 bridgehead atoms. The van der Waals surface area contributed by atoms with Crippen molar-refractivity contribution in [1.82, 2.24) is 5.32 Å². The van der Waals surface area contributed by atoms with Gasteiger partial charge in [0.1, 0.15) is 18.1 Å². The molecule has 134 valence electrons. The summed E-state index contributed by atoms with van der Waals surface area (Å²) in [7, 11) is 1.73. The highest BCUT2D eigenvalue weighted by Crippen LogP contribution is 2.32. The zero-order valence-electron chi connectivity index (χ0n) is 14.7. The molecular formula is C20H25NO2S2. The Labute approximate surface area is 158 Å². The summed E-state index contributed by atoms with van der Waals surface area (Å²) in [6, 6.07) is 16.9. The third-order valence-corrected chi connectivity index (χ3v) is 6.68. The van der Waals surface area contributed by atoms with Crippen LogP contribution in [0.15, 0.2) is 58.3 Å². The van der Waals surface area contributed by atoms with Crippen LogP contribution in [-0.2, 0) is 0 Å². The molecule has 2 atom stereocenters. The highest BCUT2D eigenvalue weighted by molar-refractivity contribution is 7.99. The van der Waals surface area contributed by atoms with Crippen LogP contribution in [0.2, 0.25) is 0 Å². The predicted octanol–water partition coefficient (Wildman–Crippen LogP) is 4.57. The van der Waals surface area contributed by atoms with E-state index in [-0.39, 0.29) is 0 Å². The Morgan fingerprint density at radius 2 is 2.04 bits per heavy atom. The van der Waals surface area contributed by atoms with Gasteiger partial charge in [-0.2, -0.15) is 0 Å². The molecule has 2 aromatic rings. The van der Waals surface area contributed by atoms with Gasteiger partial charge in [0.2, 0.25) is 0 Å². The summed E-state index contributed by atoms with van der Waals surface area (Å²) in [5.41, 5.74) is 0. The standard InChI is InChI=1S/C20H25NO2S2/c1-15(13-24-19-9-5-3-7-17(19)22-2)11-21-16-12-23-18-8-4-6-10-20(18)25-14-16/h3-10,15-16,21H,11-14H2,1-2H3/t15?,16-/m0/s1. The van der Waals surface area contributed by atoms with Gasteiger partial charge in [-0.1, -0.05) is 31.2 Å². The number of benzene rings is 2. The minimum absolute atomic E-state index is 0.385. The van der Waals surface area contributed by atoms with E-state index in [0.29, 0.717) is 12.0 Å². The summed E-state index contributed by atoms with van der Waals surface area (Å²) < 4.78 is 11.4. The smallest absolute Gasteiger partial charge is 0.132 e. The van der Waals surface area contributed by atoms with Crippen molar-refractivity contribution in [2.45, 2.75) is 22.8 Å². The summed E-state index contributed by atoms with van der Waals surface area (Å²) >= 11 is 3.73. The second-order valence-electron chi connectivity index (χ2n) is 6.24. The maximum Gasteiger partial charge on any atom is 0.132 e. The van der Waals surface area contributed by atoms with E-state index in [4.69, 9.17) is 9.47 Å². The number of hydrogen-bond donors (Lipinski definition) is 1. The van der Waals surface area contributed by atoms with Gasteiger partial charge in [0.05, 0.1) is 13.2 Å². The molecule has 2 aromatic carbocycles. The molecule has 0 aromatic heterocycles. The van der Waals surface area contributed by atoms with E-state index < -0.39 is 0 Å². The van der Waals surface area contributed by atoms with Gasteiger partial charge in [-0.05, 0) is 36.7 Å². The van der Waals surface area contributed by atoms with Gasteiger partial charge in [0, 0.05) is 21.3 Å². The highest BCUT2D eigenvalue weighted by atomic mass is 32.2. The van der Waals surface area contributed by atoms with Crippen LogP contribution in [0.3, 0.4) is 0 Å². The Kier molecular flexibility index (Phi) is 6.96. The third-order valence-electron chi connectivity index (χ3n) is 4.08. The van der Waals surface area contributed by atoms with Crippen LogP contribution >= 0.6 is 23.5 Å². The van der Waals surface area contributed by atoms with Gasteiger partial charge < -0.3 is 14.8 Å². The Bertz CT molecular complexity index is 653. The van der Waals surface area contributed by atoms with Gasteiger partial charge in [0.25, 0.3) is 0 Å². The lowest BCUT2D eigenvalue weighted by Gasteiger charge is -2.19. The second-order valence-corrected chi connectivity index (χ2v) is 8.36. The lowest BCUT2D eigenvalue weighted by Crippen LogP contribution is -2.39. The van der Waals surface area contributed by atoms with E-state index in [1.54, 1.807) is 7.11 Å². The lowest BCUT2D eigenvalue weighted by atomic mass is 10.2. The SMILES string of the molecule is COc1ccccc1SCC(C)CN[C@H]1COc2ccccc2SC1. The Morgan fingerprint density at radius 1 is 1.24 bits per heavy atom. The molecule has 0 radical (unpaired) electrons. The normalized spacial score (nSPS) is 17.9. The van der Waals surface area contributed by atoms with Gasteiger partial charge in [-0.15, -0.1) is 23.5 Å². The lowest BCUT2D eigenvalue weighted by molar-refractivity contribution is 0.270. The number of fused-ring (bicyclic) bond motifs is 1. The summed E-state index contributed by atoms with van der Waals surface area (Å²) in [5.74, 6) is 4.65. The van der Waals surface area contributed by atoms with E-state index in [0.717, 1.165) is 36.2 Å². The van der Waals surface area contributed by atoms with E-state index >= 15 is 0 Å². The molecule has 3 nitrogen and oxygen atoms in total. The second kappa shape index (κ2) is 9.41. The molecule has 0 saturated heterocycles. The molecule has 0 aliphatic carbocycles. The molecule has 0 spiro atoms. The summed E-state index contributed by atoms with van der Waals surface area (Å²) in [6.07, 6.45) is 0. The van der Waals surface area contributed by atoms with E-state index in [2.05, 4.69) is 42.6 Å². The van der Waals surface area contributed by atoms with E-state index in [1.807, 2.05) is 41.7 Å². The van der Waals surface area contributed by atoms with Crippen molar-refractivity contribution in [2.24, 2.45) is 5.92 Å². The molecule has 0 fully saturated rings. The van der Waals surface area contributed by atoms with E-state index in [1.165, 1.54) is 9.79 Å². The molecule has 3 rings (SSSR count). The third kappa shape index (κ3) is 5.33. The summed E-state index contributed by atoms with van der Waals surface area (Å²) in [4.78, 5) is 2.45. The van der Waals surface area contributed by atoms with Crippen molar-refractivity contribution >= 4 is 23.5 Å². The van der Waals surface area contributed by atoms with Gasteiger partial charge >= 0.3 is 0 Å². The number of para-hydroxylation sites is 2. The highest BCUT2D eigenvalue weighted by Gasteiger charge is 2.17. The number of methoxy groups -OCH3 is 1. The van der Waals surface area contributed by atoms with Crippen LogP contribution in [0.25, 0.3) is 0 Å². The summed E-state index contributed by atoms with van der Waals surface area (Å²) in [6.45, 7) is 4.01. The zero-order chi connectivity index (χ0) is 17.5. The fourth-order valence-corrected chi connectivity index (χ4v) is 4.72. The molecular weight excluding hydrogens is 350 g/mol. The number of rotatable bonds is 7. The molecule has 1 unspecified atom stereocenters. The van der Waals surface area contributed by atoms with Gasteiger partial charge in [-0.3, -0.25) is 0 Å². The minimum atomic E-state index is 0.385. The van der Waals surface area contributed by atoms with Crippen LogP contribution in [0.5, 0.6) is 11.5 Å². The first-order valence-electron chi connectivity index (χ1n) is 8.60. The van der Waals surface area contributed by atoms with Gasteiger partial charge in [-0.25, -0.2) is 0 Å². The first-order chi connectivity index (χ1) is 12.3. The minimum Gasteiger partial charge on any atom is -0.496 e. The molecule has 25 heavy (non-hydrogen) atoms. The first-order valence-corrected chi connectivity index (χ1v) is 10.6. The fraction of sp³-hybridized carbons (Fsp3) is 0.400. The van der Waals surface area contributed by atoms with Crippen LogP contribution in [0.1, 0.15) is 6.92 Å². The van der Waals surface area contributed by atoms with Crippen molar-refractivity contribution in [3.8, 4) is 11.5 Å². The van der Waals surface area contributed by atoms with Crippen LogP contribution in [0, 0.1) is 5.92 Å². The topological polar surface area (TPSA) is 30.5 Å². The average molecular weight is 376 g/mol. The molecule has 0 amide bonds. The number of nitrogens with one attached hydrogen (secondary N) is 1. The van der Waals surface area contributed by atoms with Crippen molar-refractivity contribution in [3.05, 3.63) is 48.5 Å². The van der Waals surface area contributed by atoms with Crippen molar-refractivity contribution in [1.29, 1.82) is 0 Å². The maximum atomic E-state index is 5.95. The Balaban J connectivity index is 1.43. The molecule has 1 aliphatic heterocycles. The summed E-state index contributed by atoms with van der Waals surface area (Å²) in [5, 5.41) is 3.67. The molecule has 5 heteroatoms. The predicted molar refractivity (Wildman–Crippen MR) is 107 cm³/mol. The Hall–Kier alpha value is -1.30. The Morgan fingerprint density at radius 3 is 2.92 bits per heavy atom. The number of thioether (sulfide) groups is 2. The van der Waals surface area contributed by atoms with Crippen molar-refractivity contribution in [3.63, 3.8) is 0 Å². The fourth-order valence-electron chi connectivity index (χ4n) is 2.63. The van der Waals surface area contributed by atoms with Crippen LogP contribution in [-0.4, -0.2) is 37.8 Å². The quantitative estimate of drug-likeness (QED) is 0.717. The number of hydrogen-bond acceptors (Lipinski definition) is 5. The largest absolute Gasteiger partial charge is 0.496 e. The molecule has 0 saturated carbocycles. The molecule has 1 heterocycles. The molecule has 1 aliphatic rings. The maximum absolute atomic E-state index is 5.95. The van der Waals surface area contributed by atoms with Gasteiger partial charge in [0.15, 0.2) is 0 Å². The van der Waals surface area contributed by atoms with Crippen molar-refractivity contribution in [2.75, 3.05) is 31.8 Å². The zero-order valence-corrected chi connectivity index (χ0v) is 16.4. The monoisotopic (exact) mass is 375 g/mol. The first kappa shape index (κ1) is 18.5.